The van der Waals surface area contributed by atoms with Gasteiger partial charge < -0.3 is 4.74 Å². The molecule has 0 amide bonds. The van der Waals surface area contributed by atoms with Crippen molar-refractivity contribution in [2.45, 2.75) is 19.4 Å². The Kier molecular flexibility index (Phi) is 4.07. The van der Waals surface area contributed by atoms with Gasteiger partial charge in [-0.15, -0.1) is 5.10 Å². The molecule has 2 heterocycles. The number of nitrogens with zero attached hydrogens (tertiary/aromatic N) is 5. The molecule has 0 N–H and O–H groups in total. The molecule has 24 heavy (non-hydrogen) atoms. The molecule has 124 valence electrons. The molecule has 0 aliphatic carbocycles. The molecule has 8 nitrogen and oxygen atoms in total. The van der Waals surface area contributed by atoms with Crippen LogP contribution < -0.4 is 5.56 Å². The maximum Gasteiger partial charge on any atom is 0.329 e. The van der Waals surface area contributed by atoms with Crippen molar-refractivity contribution in [1.29, 1.82) is 0 Å². The van der Waals surface area contributed by atoms with Crippen molar-refractivity contribution in [3.63, 3.8) is 0 Å². The van der Waals surface area contributed by atoms with Gasteiger partial charge in [0.05, 0.1) is 12.8 Å². The molecule has 0 fully saturated rings. The molecule has 9 heteroatoms. The van der Waals surface area contributed by atoms with Crippen molar-refractivity contribution in [3.8, 4) is 5.69 Å². The number of carbonyl (C=O) groups excluding carboxylic acids is 1. The summed E-state index contributed by atoms with van der Waals surface area (Å²) in [5.41, 5.74) is 0.0488. The minimum Gasteiger partial charge on any atom is -0.467 e. The number of esters is 1. The molecule has 3 rings (SSSR count). The van der Waals surface area contributed by atoms with Gasteiger partial charge in [0, 0.05) is 0 Å². The highest BCUT2D eigenvalue weighted by Crippen LogP contribution is 2.15. The third-order valence-corrected chi connectivity index (χ3v) is 3.64. The molecule has 0 radical (unpaired) electrons. The fraction of sp³-hybridized carbons (Fsp3) is 0.267. The summed E-state index contributed by atoms with van der Waals surface area (Å²) in [6.07, 6.45) is 1.60. The van der Waals surface area contributed by atoms with Crippen LogP contribution in [0.15, 0.2) is 35.4 Å². The fourth-order valence-corrected chi connectivity index (χ4v) is 2.44. The van der Waals surface area contributed by atoms with E-state index in [4.69, 9.17) is 4.74 Å². The van der Waals surface area contributed by atoms with Crippen molar-refractivity contribution in [3.05, 3.63) is 46.8 Å². The summed E-state index contributed by atoms with van der Waals surface area (Å²) >= 11 is 0. The van der Waals surface area contributed by atoms with E-state index < -0.39 is 23.4 Å². The second kappa shape index (κ2) is 6.19. The van der Waals surface area contributed by atoms with Crippen LogP contribution >= 0.6 is 0 Å². The van der Waals surface area contributed by atoms with Gasteiger partial charge in [-0.05, 0) is 24.6 Å². The fourth-order valence-electron chi connectivity index (χ4n) is 2.44. The van der Waals surface area contributed by atoms with Gasteiger partial charge in [-0.1, -0.05) is 18.2 Å². The van der Waals surface area contributed by atoms with E-state index in [9.17, 15) is 14.0 Å². The van der Waals surface area contributed by atoms with Gasteiger partial charge in [0.1, 0.15) is 18.2 Å². The highest BCUT2D eigenvalue weighted by atomic mass is 19.1. The highest BCUT2D eigenvalue weighted by Gasteiger charge is 2.23. The van der Waals surface area contributed by atoms with Crippen molar-refractivity contribution in [1.82, 2.24) is 24.5 Å². The predicted molar refractivity (Wildman–Crippen MR) is 82.2 cm³/mol. The standard InChI is InChI=1S/C15H14FN5O3/c1-3-11(15(23)24-2)20-8-17-13-12(14(20)22)18-19-21(13)10-6-4-5-9(16)7-10/h4-8,11H,3H2,1-2H3. The lowest BCUT2D eigenvalue weighted by atomic mass is 10.2. The second-order valence-corrected chi connectivity index (χ2v) is 5.06. The molecule has 1 unspecified atom stereocenters. The monoisotopic (exact) mass is 331 g/mol. The number of aromatic nitrogens is 5. The molecular weight excluding hydrogens is 317 g/mol. The van der Waals surface area contributed by atoms with Gasteiger partial charge in [-0.3, -0.25) is 9.36 Å². The van der Waals surface area contributed by atoms with E-state index in [1.165, 1.54) is 40.9 Å². The number of halogens is 1. The normalized spacial score (nSPS) is 12.3. The Morgan fingerprint density at radius 2 is 2.21 bits per heavy atom. The lowest BCUT2D eigenvalue weighted by Crippen LogP contribution is -2.30. The lowest BCUT2D eigenvalue weighted by molar-refractivity contribution is -0.144. The minimum absolute atomic E-state index is 0.0101. The van der Waals surface area contributed by atoms with E-state index in [0.717, 1.165) is 0 Å². The van der Waals surface area contributed by atoms with Crippen LogP contribution in [0.5, 0.6) is 0 Å². The van der Waals surface area contributed by atoms with Crippen molar-refractivity contribution in [2.24, 2.45) is 0 Å². The summed E-state index contributed by atoms with van der Waals surface area (Å²) in [6, 6.07) is 4.89. The third kappa shape index (κ3) is 2.53. The van der Waals surface area contributed by atoms with Crippen LogP contribution in [0.25, 0.3) is 16.9 Å². The Hall–Kier alpha value is -3.10. The summed E-state index contributed by atoms with van der Waals surface area (Å²) in [5, 5.41) is 7.70. The number of methoxy groups -OCH3 is 1. The largest absolute Gasteiger partial charge is 0.467 e. The first-order chi connectivity index (χ1) is 11.6. The Balaban J connectivity index is 2.16. The Morgan fingerprint density at radius 3 is 2.88 bits per heavy atom. The zero-order chi connectivity index (χ0) is 17.3. The summed E-state index contributed by atoms with van der Waals surface area (Å²) in [4.78, 5) is 28.6. The molecule has 2 aromatic heterocycles. The number of rotatable bonds is 4. The number of benzene rings is 1. The average Bonchev–Trinajstić information content (AvgIpc) is 3.02. The minimum atomic E-state index is -0.793. The third-order valence-electron chi connectivity index (χ3n) is 3.64. The van der Waals surface area contributed by atoms with E-state index in [1.807, 2.05) is 0 Å². The van der Waals surface area contributed by atoms with Crippen LogP contribution in [0.2, 0.25) is 0 Å². The molecule has 0 bridgehead atoms. The van der Waals surface area contributed by atoms with E-state index in [-0.39, 0.29) is 11.2 Å². The van der Waals surface area contributed by atoms with Crippen LogP contribution in [-0.4, -0.2) is 37.6 Å². The molecule has 0 aliphatic rings. The van der Waals surface area contributed by atoms with Gasteiger partial charge >= 0.3 is 5.97 Å². The highest BCUT2D eigenvalue weighted by molar-refractivity contribution is 5.75. The quantitative estimate of drug-likeness (QED) is 0.668. The van der Waals surface area contributed by atoms with Gasteiger partial charge in [0.2, 0.25) is 0 Å². The van der Waals surface area contributed by atoms with Crippen LogP contribution in [0, 0.1) is 5.82 Å². The first-order valence-corrected chi connectivity index (χ1v) is 7.23. The number of hydrogen-bond acceptors (Lipinski definition) is 6. The predicted octanol–water partition coefficient (Wildman–Crippen LogP) is 1.24. The summed E-state index contributed by atoms with van der Waals surface area (Å²) < 4.78 is 20.5. The average molecular weight is 331 g/mol. The summed E-state index contributed by atoms with van der Waals surface area (Å²) in [7, 11) is 1.25. The summed E-state index contributed by atoms with van der Waals surface area (Å²) in [5.74, 6) is -0.987. The Morgan fingerprint density at radius 1 is 1.42 bits per heavy atom. The molecule has 0 aliphatic heterocycles. The maximum absolute atomic E-state index is 13.4. The SMILES string of the molecule is CCC(C(=O)OC)n1cnc2c(nnn2-c2cccc(F)c2)c1=O. The first-order valence-electron chi connectivity index (χ1n) is 7.23. The van der Waals surface area contributed by atoms with Gasteiger partial charge in [0.25, 0.3) is 5.56 Å². The van der Waals surface area contributed by atoms with Crippen LogP contribution in [0.3, 0.4) is 0 Å². The smallest absolute Gasteiger partial charge is 0.329 e. The number of ether oxygens (including phenoxy) is 1. The maximum atomic E-state index is 13.4. The molecule has 0 spiro atoms. The van der Waals surface area contributed by atoms with Gasteiger partial charge in [0.15, 0.2) is 11.2 Å². The number of fused-ring (bicyclic) bond motifs is 1. The lowest BCUT2D eigenvalue weighted by Gasteiger charge is -2.14. The van der Waals surface area contributed by atoms with Crippen molar-refractivity contribution < 1.29 is 13.9 Å². The Labute approximate surface area is 135 Å². The molecular formula is C15H14FN5O3. The van der Waals surface area contributed by atoms with Crippen LogP contribution in [-0.2, 0) is 9.53 Å². The van der Waals surface area contributed by atoms with Crippen LogP contribution in [0.1, 0.15) is 19.4 Å². The Bertz CT molecular complexity index is 965. The molecule has 3 aromatic rings. The van der Waals surface area contributed by atoms with Gasteiger partial charge in [-0.25, -0.2) is 14.2 Å². The molecule has 0 saturated heterocycles. The number of hydrogen-bond donors (Lipinski definition) is 0. The van der Waals surface area contributed by atoms with E-state index in [1.54, 1.807) is 13.0 Å². The summed E-state index contributed by atoms with van der Waals surface area (Å²) in [6.45, 7) is 1.75. The van der Waals surface area contributed by atoms with E-state index >= 15 is 0 Å². The van der Waals surface area contributed by atoms with Crippen molar-refractivity contribution in [2.75, 3.05) is 7.11 Å². The van der Waals surface area contributed by atoms with Gasteiger partial charge in [-0.2, -0.15) is 4.68 Å². The zero-order valence-electron chi connectivity index (χ0n) is 13.0. The first kappa shape index (κ1) is 15.8. The van der Waals surface area contributed by atoms with Crippen molar-refractivity contribution >= 4 is 17.1 Å². The van der Waals surface area contributed by atoms with E-state index in [0.29, 0.717) is 12.1 Å². The topological polar surface area (TPSA) is 91.9 Å². The zero-order valence-corrected chi connectivity index (χ0v) is 13.0. The molecule has 1 atom stereocenters. The second-order valence-electron chi connectivity index (χ2n) is 5.06. The number of carbonyl (C=O) groups is 1. The van der Waals surface area contributed by atoms with Crippen LogP contribution in [0.4, 0.5) is 4.39 Å². The molecule has 0 saturated carbocycles. The molecule has 1 aromatic carbocycles. The van der Waals surface area contributed by atoms with E-state index in [2.05, 4.69) is 15.3 Å².